The van der Waals surface area contributed by atoms with Gasteiger partial charge in [-0.1, -0.05) is 23.3 Å². The van der Waals surface area contributed by atoms with Crippen molar-refractivity contribution in [1.29, 1.82) is 0 Å². The Morgan fingerprint density at radius 1 is 1.15 bits per heavy atom. The van der Waals surface area contributed by atoms with E-state index >= 15 is 0 Å². The Labute approximate surface area is 119 Å². The fraction of sp³-hybridized carbons (Fsp3) is 0.143. The zero-order valence-electron chi connectivity index (χ0n) is 10.5. The maximum absolute atomic E-state index is 12.8. The summed E-state index contributed by atoms with van der Waals surface area (Å²) in [6.45, 7) is 0.663. The van der Waals surface area contributed by atoms with E-state index in [2.05, 4.69) is 15.5 Å². The predicted molar refractivity (Wildman–Crippen MR) is 75.1 cm³/mol. The molecule has 0 radical (unpaired) electrons. The van der Waals surface area contributed by atoms with E-state index in [1.54, 1.807) is 23.5 Å². The second-order valence-corrected chi connectivity index (χ2v) is 5.27. The van der Waals surface area contributed by atoms with Crippen LogP contribution in [0.15, 0.2) is 46.2 Å². The number of nitrogens with zero attached hydrogens (tertiary/aromatic N) is 2. The van der Waals surface area contributed by atoms with Crippen LogP contribution in [0, 0.1) is 5.82 Å². The number of anilines is 1. The van der Waals surface area contributed by atoms with Gasteiger partial charge in [-0.15, -0.1) is 16.4 Å². The van der Waals surface area contributed by atoms with Gasteiger partial charge in [0.15, 0.2) is 0 Å². The Morgan fingerprint density at radius 2 is 2.00 bits per heavy atom. The molecule has 102 valence electrons. The van der Waals surface area contributed by atoms with Crippen LogP contribution in [0.3, 0.4) is 0 Å². The van der Waals surface area contributed by atoms with Crippen LogP contribution in [-0.2, 0) is 13.0 Å². The fourth-order valence-electron chi connectivity index (χ4n) is 1.75. The van der Waals surface area contributed by atoms with Crippen molar-refractivity contribution in [3.63, 3.8) is 0 Å². The highest BCUT2D eigenvalue weighted by atomic mass is 32.1. The molecule has 0 aliphatic rings. The maximum Gasteiger partial charge on any atom is 0.315 e. The van der Waals surface area contributed by atoms with Gasteiger partial charge in [0.1, 0.15) is 5.82 Å². The van der Waals surface area contributed by atoms with Crippen molar-refractivity contribution >= 4 is 17.4 Å². The molecule has 0 unspecified atom stereocenters. The SMILES string of the molecule is Fc1ccc(Cc2nnc(NCc3cccs3)o2)cc1. The van der Waals surface area contributed by atoms with Gasteiger partial charge in [0.25, 0.3) is 0 Å². The van der Waals surface area contributed by atoms with Crippen LogP contribution in [0.25, 0.3) is 0 Å². The molecular formula is C14H12FN3OS. The molecule has 0 fully saturated rings. The van der Waals surface area contributed by atoms with Crippen LogP contribution in [0.1, 0.15) is 16.3 Å². The number of hydrogen-bond acceptors (Lipinski definition) is 5. The summed E-state index contributed by atoms with van der Waals surface area (Å²) in [6, 6.07) is 10.7. The third-order valence-electron chi connectivity index (χ3n) is 2.73. The molecule has 2 aromatic heterocycles. The molecule has 0 saturated heterocycles. The Morgan fingerprint density at radius 3 is 2.75 bits per heavy atom. The van der Waals surface area contributed by atoms with Gasteiger partial charge in [0.05, 0.1) is 13.0 Å². The van der Waals surface area contributed by atoms with Crippen LogP contribution >= 0.6 is 11.3 Å². The summed E-state index contributed by atoms with van der Waals surface area (Å²) in [6.07, 6.45) is 0.494. The highest BCUT2D eigenvalue weighted by Crippen LogP contribution is 2.14. The summed E-state index contributed by atoms with van der Waals surface area (Å²) >= 11 is 1.67. The van der Waals surface area contributed by atoms with Crippen molar-refractivity contribution in [2.45, 2.75) is 13.0 Å². The van der Waals surface area contributed by atoms with Gasteiger partial charge in [0, 0.05) is 4.88 Å². The summed E-state index contributed by atoms with van der Waals surface area (Å²) in [5.74, 6) is 0.253. The van der Waals surface area contributed by atoms with Crippen molar-refractivity contribution in [3.8, 4) is 0 Å². The Balaban J connectivity index is 1.60. The standard InChI is InChI=1S/C14H12FN3OS/c15-11-5-3-10(4-6-11)8-13-17-18-14(19-13)16-9-12-2-1-7-20-12/h1-7H,8-9H2,(H,16,18). The van der Waals surface area contributed by atoms with Crippen LogP contribution in [-0.4, -0.2) is 10.2 Å². The number of hydrogen-bond donors (Lipinski definition) is 1. The lowest BCUT2D eigenvalue weighted by atomic mass is 10.1. The largest absolute Gasteiger partial charge is 0.408 e. The maximum atomic E-state index is 12.8. The third kappa shape index (κ3) is 3.21. The molecule has 0 atom stereocenters. The van der Waals surface area contributed by atoms with E-state index in [-0.39, 0.29) is 5.82 Å². The highest BCUT2D eigenvalue weighted by Gasteiger charge is 2.07. The Kier molecular flexibility index (Phi) is 3.73. The molecule has 0 saturated carbocycles. The van der Waals surface area contributed by atoms with Crippen molar-refractivity contribution in [2.24, 2.45) is 0 Å². The van der Waals surface area contributed by atoms with E-state index in [1.165, 1.54) is 17.0 Å². The molecule has 0 aliphatic heterocycles. The molecule has 0 bridgehead atoms. The summed E-state index contributed by atoms with van der Waals surface area (Å²) in [5.41, 5.74) is 0.930. The molecule has 2 heterocycles. The first-order chi connectivity index (χ1) is 9.79. The molecule has 1 aromatic carbocycles. The summed E-state index contributed by atoms with van der Waals surface area (Å²) in [4.78, 5) is 1.20. The van der Waals surface area contributed by atoms with E-state index in [4.69, 9.17) is 4.42 Å². The lowest BCUT2D eigenvalue weighted by Crippen LogP contribution is -1.97. The van der Waals surface area contributed by atoms with Gasteiger partial charge < -0.3 is 9.73 Å². The normalized spacial score (nSPS) is 10.7. The molecule has 20 heavy (non-hydrogen) atoms. The zero-order chi connectivity index (χ0) is 13.8. The van der Waals surface area contributed by atoms with Crippen molar-refractivity contribution in [1.82, 2.24) is 10.2 Å². The topological polar surface area (TPSA) is 51.0 Å². The van der Waals surface area contributed by atoms with Crippen LogP contribution in [0.5, 0.6) is 0 Å². The van der Waals surface area contributed by atoms with Crippen molar-refractivity contribution in [3.05, 3.63) is 63.9 Å². The monoisotopic (exact) mass is 289 g/mol. The van der Waals surface area contributed by atoms with Gasteiger partial charge in [0.2, 0.25) is 5.89 Å². The van der Waals surface area contributed by atoms with E-state index in [0.717, 1.165) is 5.56 Å². The lowest BCUT2D eigenvalue weighted by Gasteiger charge is -1.98. The average molecular weight is 289 g/mol. The first kappa shape index (κ1) is 12.8. The third-order valence-corrected chi connectivity index (χ3v) is 3.61. The van der Waals surface area contributed by atoms with Crippen LogP contribution in [0.4, 0.5) is 10.4 Å². The number of halogens is 1. The predicted octanol–water partition coefficient (Wildman–Crippen LogP) is 3.47. The van der Waals surface area contributed by atoms with Crippen LogP contribution < -0.4 is 5.32 Å². The van der Waals surface area contributed by atoms with Crippen molar-refractivity contribution in [2.75, 3.05) is 5.32 Å². The number of rotatable bonds is 5. The molecule has 0 amide bonds. The molecule has 0 aliphatic carbocycles. The smallest absolute Gasteiger partial charge is 0.315 e. The van der Waals surface area contributed by atoms with E-state index in [9.17, 15) is 4.39 Å². The molecule has 0 spiro atoms. The fourth-order valence-corrected chi connectivity index (χ4v) is 2.39. The van der Waals surface area contributed by atoms with Gasteiger partial charge in [-0.05, 0) is 29.1 Å². The zero-order valence-corrected chi connectivity index (χ0v) is 11.4. The van der Waals surface area contributed by atoms with Crippen molar-refractivity contribution < 1.29 is 8.81 Å². The summed E-state index contributed by atoms with van der Waals surface area (Å²) in [5, 5.41) is 13.0. The number of nitrogens with one attached hydrogen (secondary N) is 1. The summed E-state index contributed by atoms with van der Waals surface area (Å²) in [7, 11) is 0. The molecule has 3 rings (SSSR count). The number of thiophene rings is 1. The Hall–Kier alpha value is -2.21. The minimum absolute atomic E-state index is 0.252. The average Bonchev–Trinajstić information content (AvgIpc) is 3.10. The quantitative estimate of drug-likeness (QED) is 0.781. The van der Waals surface area contributed by atoms with E-state index in [1.807, 2.05) is 17.5 Å². The van der Waals surface area contributed by atoms with Crippen LogP contribution in [0.2, 0.25) is 0 Å². The molecule has 4 nitrogen and oxygen atoms in total. The van der Waals surface area contributed by atoms with E-state index in [0.29, 0.717) is 24.9 Å². The first-order valence-corrected chi connectivity index (χ1v) is 7.00. The van der Waals surface area contributed by atoms with Gasteiger partial charge >= 0.3 is 6.01 Å². The minimum Gasteiger partial charge on any atom is -0.408 e. The highest BCUT2D eigenvalue weighted by molar-refractivity contribution is 7.09. The molecule has 1 N–H and O–H groups in total. The molecule has 6 heteroatoms. The first-order valence-electron chi connectivity index (χ1n) is 6.13. The second-order valence-electron chi connectivity index (χ2n) is 4.24. The Bertz CT molecular complexity index is 664. The number of aromatic nitrogens is 2. The second kappa shape index (κ2) is 5.83. The van der Waals surface area contributed by atoms with Gasteiger partial charge in [-0.3, -0.25) is 0 Å². The summed E-state index contributed by atoms with van der Waals surface area (Å²) < 4.78 is 18.3. The lowest BCUT2D eigenvalue weighted by molar-refractivity contribution is 0.516. The number of benzene rings is 1. The van der Waals surface area contributed by atoms with Gasteiger partial charge in [-0.25, -0.2) is 4.39 Å². The van der Waals surface area contributed by atoms with E-state index < -0.39 is 0 Å². The molecule has 3 aromatic rings. The van der Waals surface area contributed by atoms with Gasteiger partial charge in [-0.2, -0.15) is 0 Å². The minimum atomic E-state index is -0.252. The molecular weight excluding hydrogens is 277 g/mol.